The summed E-state index contributed by atoms with van der Waals surface area (Å²) >= 11 is 0. The molecular formula is C21H22N2O4. The normalized spacial score (nSPS) is 19.0. The summed E-state index contributed by atoms with van der Waals surface area (Å²) in [5.74, 6) is 1.34. The summed E-state index contributed by atoms with van der Waals surface area (Å²) in [6.07, 6.45) is 1.62. The maximum Gasteiger partial charge on any atom is 0.328 e. The monoisotopic (exact) mass is 366 g/mol. The molecule has 2 aromatic rings. The molecule has 140 valence electrons. The van der Waals surface area contributed by atoms with Crippen molar-refractivity contribution in [3.8, 4) is 11.5 Å². The molecule has 2 heterocycles. The number of carbonyl (C=O) groups is 2. The van der Waals surface area contributed by atoms with Crippen LogP contribution in [-0.2, 0) is 4.79 Å². The average molecular weight is 366 g/mol. The Morgan fingerprint density at radius 3 is 1.85 bits per heavy atom. The van der Waals surface area contributed by atoms with E-state index in [4.69, 9.17) is 9.47 Å². The van der Waals surface area contributed by atoms with Crippen LogP contribution in [0.4, 0.5) is 4.79 Å². The van der Waals surface area contributed by atoms with Crippen LogP contribution in [0.5, 0.6) is 11.5 Å². The highest BCUT2D eigenvalue weighted by atomic mass is 16.5. The largest absolute Gasteiger partial charge is 0.497 e. The minimum absolute atomic E-state index is 0.117. The van der Waals surface area contributed by atoms with Crippen LogP contribution in [0.25, 0.3) is 0 Å². The van der Waals surface area contributed by atoms with Crippen molar-refractivity contribution in [3.63, 3.8) is 0 Å². The van der Waals surface area contributed by atoms with Gasteiger partial charge in [0, 0.05) is 6.54 Å². The Morgan fingerprint density at radius 1 is 0.889 bits per heavy atom. The molecule has 0 N–H and O–H groups in total. The first kappa shape index (κ1) is 17.4. The smallest absolute Gasteiger partial charge is 0.328 e. The molecule has 0 saturated carbocycles. The van der Waals surface area contributed by atoms with Gasteiger partial charge in [0.25, 0.3) is 5.91 Å². The molecule has 6 heteroatoms. The highest BCUT2D eigenvalue weighted by Gasteiger charge is 2.50. The summed E-state index contributed by atoms with van der Waals surface area (Å²) < 4.78 is 10.5. The van der Waals surface area contributed by atoms with E-state index >= 15 is 0 Å². The van der Waals surface area contributed by atoms with Crippen LogP contribution in [0.15, 0.2) is 48.5 Å². The lowest BCUT2D eigenvalue weighted by atomic mass is 9.96. The molecule has 0 bridgehead atoms. The third-order valence-electron chi connectivity index (χ3n) is 5.35. The lowest BCUT2D eigenvalue weighted by molar-refractivity contribution is -0.129. The van der Waals surface area contributed by atoms with Crippen LogP contribution in [0.1, 0.15) is 30.0 Å². The zero-order valence-electron chi connectivity index (χ0n) is 15.4. The zero-order valence-corrected chi connectivity index (χ0v) is 15.4. The van der Waals surface area contributed by atoms with Crippen molar-refractivity contribution in [2.45, 2.75) is 24.9 Å². The second-order valence-electron chi connectivity index (χ2n) is 6.79. The Labute approximate surface area is 158 Å². The summed E-state index contributed by atoms with van der Waals surface area (Å²) in [5, 5.41) is 0. The van der Waals surface area contributed by atoms with Gasteiger partial charge in [-0.1, -0.05) is 24.3 Å². The van der Waals surface area contributed by atoms with E-state index in [0.29, 0.717) is 6.54 Å². The van der Waals surface area contributed by atoms with Gasteiger partial charge in [-0.05, 0) is 48.2 Å². The van der Waals surface area contributed by atoms with Crippen molar-refractivity contribution in [2.24, 2.45) is 0 Å². The van der Waals surface area contributed by atoms with Crippen LogP contribution in [-0.4, -0.2) is 48.5 Å². The summed E-state index contributed by atoms with van der Waals surface area (Å²) in [6, 6.07) is 14.0. The summed E-state index contributed by atoms with van der Waals surface area (Å²) in [4.78, 5) is 29.2. The van der Waals surface area contributed by atoms with Crippen molar-refractivity contribution < 1.29 is 19.1 Å². The van der Waals surface area contributed by atoms with Crippen LogP contribution in [0.3, 0.4) is 0 Å². The molecule has 0 aliphatic carbocycles. The van der Waals surface area contributed by atoms with Crippen LogP contribution < -0.4 is 9.47 Å². The number of nitrogens with zero attached hydrogens (tertiary/aromatic N) is 2. The fraction of sp³-hybridized carbons (Fsp3) is 0.333. The van der Waals surface area contributed by atoms with Gasteiger partial charge in [0.15, 0.2) is 0 Å². The second-order valence-corrected chi connectivity index (χ2v) is 6.79. The first-order chi connectivity index (χ1) is 13.1. The van der Waals surface area contributed by atoms with E-state index in [1.165, 1.54) is 4.90 Å². The fourth-order valence-corrected chi connectivity index (χ4v) is 3.95. The Hall–Kier alpha value is -3.02. The molecule has 3 amide bonds. The van der Waals surface area contributed by atoms with Crippen LogP contribution in [0.2, 0.25) is 0 Å². The molecule has 6 nitrogen and oxygen atoms in total. The highest BCUT2D eigenvalue weighted by molar-refractivity contribution is 6.05. The number of urea groups is 1. The van der Waals surface area contributed by atoms with E-state index < -0.39 is 6.04 Å². The van der Waals surface area contributed by atoms with Gasteiger partial charge < -0.3 is 14.4 Å². The lowest BCUT2D eigenvalue weighted by Crippen LogP contribution is -2.37. The van der Waals surface area contributed by atoms with Gasteiger partial charge >= 0.3 is 6.03 Å². The van der Waals surface area contributed by atoms with Crippen LogP contribution >= 0.6 is 0 Å². The number of benzene rings is 2. The highest BCUT2D eigenvalue weighted by Crippen LogP contribution is 2.38. The van der Waals surface area contributed by atoms with Crippen molar-refractivity contribution >= 4 is 11.9 Å². The Bertz CT molecular complexity index is 778. The minimum Gasteiger partial charge on any atom is -0.497 e. The van der Waals surface area contributed by atoms with E-state index in [0.717, 1.165) is 35.5 Å². The lowest BCUT2D eigenvalue weighted by Gasteiger charge is -2.27. The van der Waals surface area contributed by atoms with E-state index in [1.807, 2.05) is 48.5 Å². The number of rotatable bonds is 5. The van der Waals surface area contributed by atoms with Gasteiger partial charge in [0.2, 0.25) is 0 Å². The number of amides is 3. The number of carbonyl (C=O) groups excluding carboxylic acids is 2. The van der Waals surface area contributed by atoms with Gasteiger partial charge in [-0.2, -0.15) is 0 Å². The minimum atomic E-state index is -0.479. The molecule has 27 heavy (non-hydrogen) atoms. The van der Waals surface area contributed by atoms with Gasteiger partial charge in [-0.25, -0.2) is 4.79 Å². The molecule has 2 saturated heterocycles. The summed E-state index contributed by atoms with van der Waals surface area (Å²) in [6.45, 7) is 0.643. The molecule has 0 radical (unpaired) electrons. The first-order valence-electron chi connectivity index (χ1n) is 9.05. The fourth-order valence-electron chi connectivity index (χ4n) is 3.95. The van der Waals surface area contributed by atoms with Crippen molar-refractivity contribution in [1.29, 1.82) is 0 Å². The maximum atomic E-state index is 13.0. The van der Waals surface area contributed by atoms with Gasteiger partial charge in [-0.15, -0.1) is 0 Å². The van der Waals surface area contributed by atoms with E-state index in [-0.39, 0.29) is 18.0 Å². The predicted molar refractivity (Wildman–Crippen MR) is 99.8 cm³/mol. The number of imide groups is 1. The summed E-state index contributed by atoms with van der Waals surface area (Å²) in [5.41, 5.74) is 1.73. The standard InChI is InChI=1S/C21H22N2O4/c1-26-16-9-5-14(6-10-16)19(15-7-11-17(27-2)12-8-15)23-20(24)18-4-3-13-22(18)21(23)25/h5-12,18-19H,3-4,13H2,1-2H3/t18-/m1/s1. The van der Waals surface area contributed by atoms with Crippen LogP contribution in [0, 0.1) is 0 Å². The zero-order chi connectivity index (χ0) is 19.0. The van der Waals surface area contributed by atoms with E-state index in [9.17, 15) is 9.59 Å². The Balaban J connectivity index is 1.77. The molecule has 2 aliphatic rings. The van der Waals surface area contributed by atoms with E-state index in [2.05, 4.69) is 0 Å². The molecule has 0 unspecified atom stereocenters. The van der Waals surface area contributed by atoms with Crippen molar-refractivity contribution in [1.82, 2.24) is 9.80 Å². The van der Waals surface area contributed by atoms with E-state index in [1.54, 1.807) is 19.1 Å². The molecule has 2 aliphatic heterocycles. The number of hydrogen-bond donors (Lipinski definition) is 0. The molecular weight excluding hydrogens is 344 g/mol. The quantitative estimate of drug-likeness (QED) is 0.763. The van der Waals surface area contributed by atoms with Crippen molar-refractivity contribution in [3.05, 3.63) is 59.7 Å². The number of fused-ring (bicyclic) bond motifs is 1. The number of hydrogen-bond acceptors (Lipinski definition) is 4. The SMILES string of the molecule is COc1ccc(C(c2ccc(OC)cc2)N2C(=O)[C@H]3CCCN3C2=O)cc1. The molecule has 4 rings (SSSR count). The van der Waals surface area contributed by atoms with Gasteiger partial charge in [-0.3, -0.25) is 9.69 Å². The first-order valence-corrected chi connectivity index (χ1v) is 9.05. The molecule has 2 aromatic carbocycles. The Kier molecular flexibility index (Phi) is 4.48. The van der Waals surface area contributed by atoms with Crippen molar-refractivity contribution in [2.75, 3.05) is 20.8 Å². The van der Waals surface area contributed by atoms with Gasteiger partial charge in [0.1, 0.15) is 17.5 Å². The molecule has 0 aromatic heterocycles. The third kappa shape index (κ3) is 2.91. The molecule has 1 atom stereocenters. The number of ether oxygens (including phenoxy) is 2. The maximum absolute atomic E-state index is 13.0. The third-order valence-corrected chi connectivity index (χ3v) is 5.35. The number of methoxy groups -OCH3 is 2. The predicted octanol–water partition coefficient (Wildman–Crippen LogP) is 3.22. The Morgan fingerprint density at radius 2 is 1.41 bits per heavy atom. The second kappa shape index (κ2) is 6.95. The average Bonchev–Trinajstić information content (AvgIpc) is 3.29. The summed E-state index contributed by atoms with van der Waals surface area (Å²) in [7, 11) is 3.22. The topological polar surface area (TPSA) is 59.1 Å². The molecule has 0 spiro atoms. The molecule has 2 fully saturated rings. The van der Waals surface area contributed by atoms with Gasteiger partial charge in [0.05, 0.1) is 20.3 Å².